The first-order valence-electron chi connectivity index (χ1n) is 8.34. The molecule has 0 aromatic rings. The molecule has 1 nitrogen and oxygen atoms in total. The average molecular weight is 266 g/mol. The maximum atomic E-state index is 8.66. The lowest BCUT2D eigenvalue weighted by atomic mass is 10.1. The summed E-state index contributed by atoms with van der Waals surface area (Å²) in [6.45, 7) is 2.60. The van der Waals surface area contributed by atoms with Gasteiger partial charge in [0.2, 0.25) is 0 Å². The molecule has 0 radical (unpaired) electrons. The van der Waals surface area contributed by atoms with Crippen LogP contribution in [0.25, 0.3) is 0 Å². The van der Waals surface area contributed by atoms with Gasteiger partial charge in [0.05, 0.1) is 0 Å². The third kappa shape index (κ3) is 17.4. The maximum absolute atomic E-state index is 8.66. The van der Waals surface area contributed by atoms with Gasteiger partial charge in [-0.25, -0.2) is 0 Å². The highest BCUT2D eigenvalue weighted by molar-refractivity contribution is 5.02. The molecule has 0 fully saturated rings. The van der Waals surface area contributed by atoms with E-state index in [0.717, 1.165) is 6.42 Å². The minimum atomic E-state index is 0.358. The Labute approximate surface area is 120 Å². The fourth-order valence-electron chi connectivity index (χ4n) is 2.12. The third-order valence-corrected chi connectivity index (χ3v) is 3.39. The van der Waals surface area contributed by atoms with E-state index in [-0.39, 0.29) is 0 Å². The summed E-state index contributed by atoms with van der Waals surface area (Å²) in [4.78, 5) is 0. The highest BCUT2D eigenvalue weighted by atomic mass is 16.2. The number of aliphatic hydroxyl groups excluding tert-OH is 1. The van der Waals surface area contributed by atoms with Gasteiger partial charge in [0, 0.05) is 6.61 Å². The normalized spacial score (nSPS) is 11.9. The van der Waals surface area contributed by atoms with Crippen LogP contribution < -0.4 is 0 Å². The number of aliphatic hydroxyl groups is 1. The first-order chi connectivity index (χ1) is 9.41. The van der Waals surface area contributed by atoms with Crippen molar-refractivity contribution < 1.29 is 5.11 Å². The fraction of sp³-hybridized carbons (Fsp3) is 0.778. The van der Waals surface area contributed by atoms with Crippen molar-refractivity contribution in [3.63, 3.8) is 0 Å². The largest absolute Gasteiger partial charge is 0.396 e. The van der Waals surface area contributed by atoms with Crippen molar-refractivity contribution in [1.29, 1.82) is 0 Å². The molecule has 0 saturated heterocycles. The van der Waals surface area contributed by atoms with Gasteiger partial charge in [-0.1, -0.05) is 76.2 Å². The molecule has 0 atom stereocenters. The molecule has 0 saturated carbocycles. The molecule has 112 valence electrons. The van der Waals surface area contributed by atoms with Crippen molar-refractivity contribution in [2.24, 2.45) is 0 Å². The van der Waals surface area contributed by atoms with Gasteiger partial charge >= 0.3 is 0 Å². The quantitative estimate of drug-likeness (QED) is 0.311. The van der Waals surface area contributed by atoms with Crippen LogP contribution in [-0.4, -0.2) is 11.7 Å². The molecule has 0 spiro atoms. The SMILES string of the molecule is CCCCCC=CC=CCCCCCCCCCO. The van der Waals surface area contributed by atoms with E-state index in [0.29, 0.717) is 6.61 Å². The third-order valence-electron chi connectivity index (χ3n) is 3.39. The molecule has 0 amide bonds. The van der Waals surface area contributed by atoms with E-state index in [2.05, 4.69) is 31.2 Å². The molecule has 0 bridgehead atoms. The Morgan fingerprint density at radius 3 is 1.63 bits per heavy atom. The van der Waals surface area contributed by atoms with Crippen LogP contribution in [0.4, 0.5) is 0 Å². The number of unbranched alkanes of at least 4 members (excludes halogenated alkanes) is 10. The van der Waals surface area contributed by atoms with Crippen molar-refractivity contribution in [1.82, 2.24) is 0 Å². The number of rotatable bonds is 14. The second-order valence-electron chi connectivity index (χ2n) is 5.34. The van der Waals surface area contributed by atoms with E-state index in [1.807, 2.05) is 0 Å². The highest BCUT2D eigenvalue weighted by Crippen LogP contribution is 2.08. The number of hydrogen-bond donors (Lipinski definition) is 1. The summed E-state index contributed by atoms with van der Waals surface area (Å²) in [5.41, 5.74) is 0. The molecule has 19 heavy (non-hydrogen) atoms. The van der Waals surface area contributed by atoms with Crippen LogP contribution in [0.1, 0.15) is 84.0 Å². The zero-order valence-electron chi connectivity index (χ0n) is 12.9. The Balaban J connectivity index is 3.12. The minimum absolute atomic E-state index is 0.358. The lowest BCUT2D eigenvalue weighted by Gasteiger charge is -1.99. The van der Waals surface area contributed by atoms with Crippen LogP contribution in [0.2, 0.25) is 0 Å². The van der Waals surface area contributed by atoms with Gasteiger partial charge in [0.1, 0.15) is 0 Å². The number of hydrogen-bond acceptors (Lipinski definition) is 1. The molecule has 0 aliphatic carbocycles. The number of allylic oxidation sites excluding steroid dienone is 4. The van der Waals surface area contributed by atoms with Crippen LogP contribution in [-0.2, 0) is 0 Å². The predicted molar refractivity (Wildman–Crippen MR) is 86.4 cm³/mol. The molecular weight excluding hydrogens is 232 g/mol. The van der Waals surface area contributed by atoms with Crippen molar-refractivity contribution in [2.45, 2.75) is 84.0 Å². The summed E-state index contributed by atoms with van der Waals surface area (Å²) in [6.07, 6.45) is 24.2. The molecule has 1 N–H and O–H groups in total. The monoisotopic (exact) mass is 266 g/mol. The average Bonchev–Trinajstić information content (AvgIpc) is 2.43. The van der Waals surface area contributed by atoms with Gasteiger partial charge < -0.3 is 5.11 Å². The van der Waals surface area contributed by atoms with Gasteiger partial charge in [0.15, 0.2) is 0 Å². The van der Waals surface area contributed by atoms with E-state index in [4.69, 9.17) is 5.11 Å². The van der Waals surface area contributed by atoms with E-state index < -0.39 is 0 Å². The molecule has 0 heterocycles. The molecule has 0 unspecified atom stereocenters. The summed E-state index contributed by atoms with van der Waals surface area (Å²) >= 11 is 0. The van der Waals surface area contributed by atoms with Crippen LogP contribution >= 0.6 is 0 Å². The second-order valence-corrected chi connectivity index (χ2v) is 5.34. The topological polar surface area (TPSA) is 20.2 Å². The zero-order valence-corrected chi connectivity index (χ0v) is 12.9. The van der Waals surface area contributed by atoms with Crippen LogP contribution in [0.5, 0.6) is 0 Å². The second kappa shape index (κ2) is 17.4. The van der Waals surface area contributed by atoms with Crippen LogP contribution in [0.3, 0.4) is 0 Å². The van der Waals surface area contributed by atoms with Gasteiger partial charge in [-0.3, -0.25) is 0 Å². The van der Waals surface area contributed by atoms with Gasteiger partial charge in [-0.15, -0.1) is 0 Å². The zero-order chi connectivity index (χ0) is 14.0. The summed E-state index contributed by atoms with van der Waals surface area (Å²) in [6, 6.07) is 0. The molecule has 0 rings (SSSR count). The highest BCUT2D eigenvalue weighted by Gasteiger charge is 1.90. The molecular formula is C18H34O. The van der Waals surface area contributed by atoms with E-state index in [9.17, 15) is 0 Å². The summed E-state index contributed by atoms with van der Waals surface area (Å²) in [7, 11) is 0. The molecule has 0 aromatic carbocycles. The van der Waals surface area contributed by atoms with E-state index in [1.165, 1.54) is 70.6 Å². The van der Waals surface area contributed by atoms with E-state index in [1.54, 1.807) is 0 Å². The predicted octanol–water partition coefficient (Wildman–Crippen LogP) is 5.79. The Morgan fingerprint density at radius 1 is 0.632 bits per heavy atom. The van der Waals surface area contributed by atoms with Gasteiger partial charge in [0.25, 0.3) is 0 Å². The maximum Gasteiger partial charge on any atom is 0.0431 e. The Morgan fingerprint density at radius 2 is 1.11 bits per heavy atom. The van der Waals surface area contributed by atoms with Crippen molar-refractivity contribution in [2.75, 3.05) is 6.61 Å². The molecule has 1 heteroatoms. The molecule has 0 aliphatic rings. The van der Waals surface area contributed by atoms with Crippen molar-refractivity contribution >= 4 is 0 Å². The van der Waals surface area contributed by atoms with Crippen LogP contribution in [0.15, 0.2) is 24.3 Å². The minimum Gasteiger partial charge on any atom is -0.396 e. The standard InChI is InChI=1S/C18H34O/c1-2-3-4-5-6-7-8-9-10-11-12-13-14-15-16-17-18-19/h6-9,19H,2-5,10-18H2,1H3. The van der Waals surface area contributed by atoms with Crippen molar-refractivity contribution in [3.05, 3.63) is 24.3 Å². The first kappa shape index (κ1) is 18.4. The van der Waals surface area contributed by atoms with Gasteiger partial charge in [-0.05, 0) is 32.1 Å². The Kier molecular flexibility index (Phi) is 16.9. The van der Waals surface area contributed by atoms with Gasteiger partial charge in [-0.2, -0.15) is 0 Å². The summed E-state index contributed by atoms with van der Waals surface area (Å²) in [5, 5.41) is 8.66. The molecule has 0 aliphatic heterocycles. The Bertz CT molecular complexity index is 206. The fourth-order valence-corrected chi connectivity index (χ4v) is 2.12. The lowest BCUT2D eigenvalue weighted by molar-refractivity contribution is 0.282. The first-order valence-corrected chi connectivity index (χ1v) is 8.34. The van der Waals surface area contributed by atoms with E-state index >= 15 is 0 Å². The smallest absolute Gasteiger partial charge is 0.0431 e. The summed E-state index contributed by atoms with van der Waals surface area (Å²) in [5.74, 6) is 0. The van der Waals surface area contributed by atoms with Crippen LogP contribution in [0, 0.1) is 0 Å². The lowest BCUT2D eigenvalue weighted by Crippen LogP contribution is -1.83. The Hall–Kier alpha value is -0.560. The molecule has 0 aromatic heterocycles. The van der Waals surface area contributed by atoms with Crippen molar-refractivity contribution in [3.8, 4) is 0 Å². The summed E-state index contributed by atoms with van der Waals surface area (Å²) < 4.78 is 0.